The fraction of sp³-hybridized carbons (Fsp3) is 0.241. The number of hydrogen-bond acceptors (Lipinski definition) is 6. The summed E-state index contributed by atoms with van der Waals surface area (Å²) in [5.41, 5.74) is 5.22. The average molecular weight is 481 g/mol. The smallest absolute Gasteiger partial charge is 0.255 e. The van der Waals surface area contributed by atoms with Gasteiger partial charge in [-0.3, -0.25) is 14.6 Å². The summed E-state index contributed by atoms with van der Waals surface area (Å²) in [5.74, 6) is 0.450. The van der Waals surface area contributed by atoms with E-state index in [-0.39, 0.29) is 17.6 Å². The van der Waals surface area contributed by atoms with Gasteiger partial charge in [0.05, 0.1) is 18.7 Å². The van der Waals surface area contributed by atoms with Crippen molar-refractivity contribution in [2.24, 2.45) is 0 Å². The normalized spacial score (nSPS) is 19.5. The molecule has 1 amide bonds. The molecule has 7 heteroatoms. The first kappa shape index (κ1) is 23.5. The Bertz CT molecular complexity index is 1380. The van der Waals surface area contributed by atoms with Crippen molar-refractivity contribution in [2.75, 3.05) is 12.4 Å². The number of nitrogens with zero attached hydrogens (tertiary/aromatic N) is 2. The van der Waals surface area contributed by atoms with Crippen molar-refractivity contribution < 1.29 is 14.3 Å². The van der Waals surface area contributed by atoms with Crippen LogP contribution in [0.15, 0.2) is 89.4 Å². The molecule has 182 valence electrons. The van der Waals surface area contributed by atoms with E-state index in [2.05, 4.69) is 20.6 Å². The van der Waals surface area contributed by atoms with Gasteiger partial charge in [-0.05, 0) is 68.1 Å². The van der Waals surface area contributed by atoms with Crippen LogP contribution < -0.4 is 15.4 Å². The predicted molar refractivity (Wildman–Crippen MR) is 137 cm³/mol. The third-order valence-corrected chi connectivity index (χ3v) is 6.77. The van der Waals surface area contributed by atoms with E-state index in [1.165, 1.54) is 0 Å². The van der Waals surface area contributed by atoms with Crippen molar-refractivity contribution in [1.82, 2.24) is 15.3 Å². The molecule has 3 aromatic rings. The van der Waals surface area contributed by atoms with Gasteiger partial charge < -0.3 is 15.4 Å². The third kappa shape index (κ3) is 4.52. The van der Waals surface area contributed by atoms with Gasteiger partial charge in [-0.2, -0.15) is 0 Å². The average Bonchev–Trinajstić information content (AvgIpc) is 2.88. The van der Waals surface area contributed by atoms with Crippen LogP contribution in [-0.2, 0) is 9.59 Å². The van der Waals surface area contributed by atoms with Crippen LogP contribution in [0.2, 0.25) is 0 Å². The second-order valence-electron chi connectivity index (χ2n) is 9.16. The zero-order valence-electron chi connectivity index (χ0n) is 20.5. The number of carbonyl (C=O) groups is 2. The molecular weight excluding hydrogens is 452 g/mol. The van der Waals surface area contributed by atoms with Gasteiger partial charge in [0.2, 0.25) is 0 Å². The first-order valence-electron chi connectivity index (χ1n) is 12.0. The van der Waals surface area contributed by atoms with Crippen molar-refractivity contribution in [3.05, 3.63) is 106 Å². The number of anilines is 1. The molecule has 1 aliphatic heterocycles. The Hall–Kier alpha value is -4.26. The number of methoxy groups -OCH3 is 1. The molecule has 7 nitrogen and oxygen atoms in total. The number of aromatic nitrogens is 2. The molecule has 1 aliphatic carbocycles. The van der Waals surface area contributed by atoms with Crippen molar-refractivity contribution in [3.8, 4) is 5.75 Å². The molecule has 0 radical (unpaired) electrons. The molecule has 0 saturated heterocycles. The van der Waals surface area contributed by atoms with Crippen LogP contribution in [0.3, 0.4) is 0 Å². The first-order valence-corrected chi connectivity index (χ1v) is 12.0. The number of Topliss-reactive ketones (excluding diaryl/α,β-unsaturated/α-hetero) is 1. The molecule has 2 unspecified atom stereocenters. The van der Waals surface area contributed by atoms with Crippen LogP contribution in [0.4, 0.5) is 5.82 Å². The summed E-state index contributed by atoms with van der Waals surface area (Å²) in [5, 5.41) is 6.32. The summed E-state index contributed by atoms with van der Waals surface area (Å²) in [6.07, 6.45) is 2.73. The molecule has 0 fully saturated rings. The van der Waals surface area contributed by atoms with E-state index in [0.29, 0.717) is 41.2 Å². The molecule has 3 heterocycles. The lowest BCUT2D eigenvalue weighted by molar-refractivity contribution is -0.116. The zero-order chi connectivity index (χ0) is 25.2. The van der Waals surface area contributed by atoms with Crippen LogP contribution in [0.1, 0.15) is 48.6 Å². The number of aryl methyl sites for hydroxylation is 1. The number of dihydropyridines is 1. The maximum atomic E-state index is 13.7. The fourth-order valence-electron chi connectivity index (χ4n) is 5.09. The van der Waals surface area contributed by atoms with Crippen molar-refractivity contribution in [1.29, 1.82) is 0 Å². The Kier molecular flexibility index (Phi) is 6.38. The lowest BCUT2D eigenvalue weighted by atomic mass is 9.72. The van der Waals surface area contributed by atoms with Gasteiger partial charge in [0.25, 0.3) is 5.91 Å². The summed E-state index contributed by atoms with van der Waals surface area (Å²) in [4.78, 5) is 36.2. The molecule has 2 N–H and O–H groups in total. The SMILES string of the molecule is COc1ccc(C2CC(=O)C3=C(C2)NC(C)=C(C(=O)Nc2cccc(C)n2)C3c2ccccn2)cc1. The van der Waals surface area contributed by atoms with Crippen molar-refractivity contribution in [3.63, 3.8) is 0 Å². The molecule has 5 rings (SSSR count). The first-order chi connectivity index (χ1) is 17.4. The summed E-state index contributed by atoms with van der Waals surface area (Å²) in [7, 11) is 1.64. The summed E-state index contributed by atoms with van der Waals surface area (Å²) >= 11 is 0. The highest BCUT2D eigenvalue weighted by atomic mass is 16.5. The van der Waals surface area contributed by atoms with E-state index in [1.54, 1.807) is 19.4 Å². The Morgan fingerprint density at radius 2 is 1.83 bits per heavy atom. The summed E-state index contributed by atoms with van der Waals surface area (Å²) < 4.78 is 5.28. The molecule has 0 saturated carbocycles. The van der Waals surface area contributed by atoms with E-state index >= 15 is 0 Å². The van der Waals surface area contributed by atoms with Gasteiger partial charge in [0.1, 0.15) is 11.6 Å². The minimum absolute atomic E-state index is 0.0201. The van der Waals surface area contributed by atoms with E-state index in [0.717, 1.165) is 22.7 Å². The van der Waals surface area contributed by atoms with Gasteiger partial charge in [-0.15, -0.1) is 0 Å². The quantitative estimate of drug-likeness (QED) is 0.545. The minimum Gasteiger partial charge on any atom is -0.497 e. The Balaban J connectivity index is 1.52. The molecule has 1 aromatic carbocycles. The number of ether oxygens (including phenoxy) is 1. The number of ketones is 1. The molecule has 0 bridgehead atoms. The van der Waals surface area contributed by atoms with Crippen LogP contribution in [0.5, 0.6) is 5.75 Å². The van der Waals surface area contributed by atoms with Gasteiger partial charge >= 0.3 is 0 Å². The van der Waals surface area contributed by atoms with Gasteiger partial charge in [0.15, 0.2) is 5.78 Å². The number of nitrogens with one attached hydrogen (secondary N) is 2. The third-order valence-electron chi connectivity index (χ3n) is 6.77. The second kappa shape index (κ2) is 9.77. The molecule has 0 spiro atoms. The summed E-state index contributed by atoms with van der Waals surface area (Å²) in [6, 6.07) is 18.9. The number of pyridine rings is 2. The van der Waals surface area contributed by atoms with Crippen molar-refractivity contribution in [2.45, 2.75) is 38.5 Å². The van der Waals surface area contributed by atoms with Gasteiger partial charge in [-0.25, -0.2) is 4.98 Å². The van der Waals surface area contributed by atoms with E-state index in [1.807, 2.05) is 68.4 Å². The molecule has 36 heavy (non-hydrogen) atoms. The van der Waals surface area contributed by atoms with Crippen LogP contribution in [0, 0.1) is 6.92 Å². The number of carbonyl (C=O) groups excluding carboxylic acids is 2. The highest BCUT2D eigenvalue weighted by Crippen LogP contribution is 2.45. The van der Waals surface area contributed by atoms with Crippen LogP contribution in [-0.4, -0.2) is 28.8 Å². The number of amides is 1. The maximum Gasteiger partial charge on any atom is 0.255 e. The van der Waals surface area contributed by atoms with Crippen molar-refractivity contribution >= 4 is 17.5 Å². The largest absolute Gasteiger partial charge is 0.497 e. The van der Waals surface area contributed by atoms with Crippen LogP contribution in [0.25, 0.3) is 0 Å². The zero-order valence-corrected chi connectivity index (χ0v) is 20.5. The topological polar surface area (TPSA) is 93.2 Å². The number of rotatable bonds is 5. The Morgan fingerprint density at radius 3 is 2.53 bits per heavy atom. The van der Waals surface area contributed by atoms with Gasteiger partial charge in [-0.1, -0.05) is 24.3 Å². The minimum atomic E-state index is -0.559. The highest BCUT2D eigenvalue weighted by Gasteiger charge is 2.41. The molecule has 2 atom stereocenters. The second-order valence-corrected chi connectivity index (χ2v) is 9.16. The molecular formula is C29H28N4O3. The van der Waals surface area contributed by atoms with Crippen LogP contribution >= 0.6 is 0 Å². The standard InChI is InChI=1S/C29H28N4O3/c1-17-7-6-9-25(31-17)33-29(35)26-18(2)32-23-15-20(19-10-12-21(36-3)13-11-19)16-24(34)27(23)28(26)22-8-4-5-14-30-22/h4-14,20,28,32H,15-16H2,1-3H3,(H,31,33,35). The number of hydrogen-bond donors (Lipinski definition) is 2. The Labute approximate surface area is 210 Å². The maximum absolute atomic E-state index is 13.7. The molecule has 2 aliphatic rings. The Morgan fingerprint density at radius 1 is 1.03 bits per heavy atom. The number of benzene rings is 1. The predicted octanol–water partition coefficient (Wildman–Crippen LogP) is 4.79. The van der Waals surface area contributed by atoms with E-state index in [4.69, 9.17) is 4.74 Å². The summed E-state index contributed by atoms with van der Waals surface area (Å²) in [6.45, 7) is 3.75. The van der Waals surface area contributed by atoms with Gasteiger partial charge in [0, 0.05) is 40.9 Å². The lowest BCUT2D eigenvalue weighted by Gasteiger charge is -2.36. The molecule has 2 aromatic heterocycles. The van der Waals surface area contributed by atoms with E-state index in [9.17, 15) is 9.59 Å². The highest BCUT2D eigenvalue weighted by molar-refractivity contribution is 6.09. The van der Waals surface area contributed by atoms with E-state index < -0.39 is 5.92 Å². The fourth-order valence-corrected chi connectivity index (χ4v) is 5.09. The monoisotopic (exact) mass is 480 g/mol. The number of allylic oxidation sites excluding steroid dienone is 3. The lowest BCUT2D eigenvalue weighted by Crippen LogP contribution is -2.37.